The summed E-state index contributed by atoms with van der Waals surface area (Å²) in [7, 11) is 4.43. The Balaban J connectivity index is 0.00000108. The van der Waals surface area contributed by atoms with Gasteiger partial charge in [0.1, 0.15) is 7.05 Å². The van der Waals surface area contributed by atoms with Crippen LogP contribution in [0.15, 0.2) is 24.5 Å². The Hall–Kier alpha value is -0.160. The molecule has 3 fully saturated rings. The molecule has 0 amide bonds. The molecule has 0 spiro atoms. The van der Waals surface area contributed by atoms with Gasteiger partial charge in [-0.2, -0.15) is 0 Å². The van der Waals surface area contributed by atoms with E-state index in [1.165, 1.54) is 31.2 Å². The number of aromatic nitrogens is 1. The van der Waals surface area contributed by atoms with E-state index in [4.69, 9.17) is 0 Å². The van der Waals surface area contributed by atoms with Crippen molar-refractivity contribution in [3.05, 3.63) is 30.1 Å². The lowest BCUT2D eigenvalue weighted by Crippen LogP contribution is -3.00. The number of rotatable bonds is 1. The molecule has 4 rings (SSSR count). The van der Waals surface area contributed by atoms with Crippen LogP contribution in [0.3, 0.4) is 0 Å². The minimum absolute atomic E-state index is 0. The van der Waals surface area contributed by atoms with Gasteiger partial charge >= 0.3 is 0 Å². The molecule has 0 aromatic carbocycles. The fraction of sp³-hybridized carbons (Fsp3) is 0.643. The molecule has 2 saturated heterocycles. The van der Waals surface area contributed by atoms with Gasteiger partial charge in [0.2, 0.25) is 0 Å². The topological polar surface area (TPSA) is 7.12 Å². The SMILES string of the molecule is CN1C2CCC(CC2)C1c1ccc[n+](C)c1.[I-]. The quantitative estimate of drug-likeness (QED) is 0.471. The van der Waals surface area contributed by atoms with E-state index in [0.29, 0.717) is 6.04 Å². The second-order valence-corrected chi connectivity index (χ2v) is 5.48. The van der Waals surface area contributed by atoms with Crippen molar-refractivity contribution >= 4 is 0 Å². The summed E-state index contributed by atoms with van der Waals surface area (Å²) in [6, 6.07) is 5.97. The highest BCUT2D eigenvalue weighted by molar-refractivity contribution is 5.16. The van der Waals surface area contributed by atoms with Gasteiger partial charge in [-0.25, -0.2) is 4.57 Å². The lowest BCUT2D eigenvalue weighted by Gasteiger charge is -2.49. The van der Waals surface area contributed by atoms with Gasteiger partial charge in [0.25, 0.3) is 0 Å². The van der Waals surface area contributed by atoms with Gasteiger partial charge in [0, 0.05) is 23.7 Å². The highest BCUT2D eigenvalue weighted by atomic mass is 127. The lowest BCUT2D eigenvalue weighted by atomic mass is 9.73. The van der Waals surface area contributed by atoms with Crippen LogP contribution in [0.4, 0.5) is 0 Å². The normalized spacial score (nSPS) is 32.2. The van der Waals surface area contributed by atoms with Gasteiger partial charge < -0.3 is 24.0 Å². The molecule has 1 aliphatic carbocycles. The van der Waals surface area contributed by atoms with E-state index in [1.807, 2.05) is 0 Å². The van der Waals surface area contributed by atoms with Gasteiger partial charge in [-0.3, -0.25) is 4.90 Å². The van der Waals surface area contributed by atoms with Crippen LogP contribution >= 0.6 is 0 Å². The third-order valence-electron chi connectivity index (χ3n) is 4.51. The zero-order valence-corrected chi connectivity index (χ0v) is 12.8. The number of pyridine rings is 1. The lowest BCUT2D eigenvalue weighted by molar-refractivity contribution is -0.672. The molecule has 3 heterocycles. The molecule has 0 N–H and O–H groups in total. The van der Waals surface area contributed by atoms with Gasteiger partial charge in [-0.05, 0) is 44.7 Å². The third kappa shape index (κ3) is 2.36. The average molecular weight is 344 g/mol. The van der Waals surface area contributed by atoms with Crippen LogP contribution in [0.1, 0.15) is 37.3 Å². The van der Waals surface area contributed by atoms with Gasteiger partial charge in [-0.15, -0.1) is 0 Å². The monoisotopic (exact) mass is 344 g/mol. The zero-order valence-electron chi connectivity index (χ0n) is 10.6. The van der Waals surface area contributed by atoms with E-state index in [2.05, 4.69) is 48.1 Å². The Morgan fingerprint density at radius 2 is 1.94 bits per heavy atom. The predicted molar refractivity (Wildman–Crippen MR) is 63.9 cm³/mol. The Bertz CT molecular complexity index is 384. The molecule has 94 valence electrons. The van der Waals surface area contributed by atoms with Gasteiger partial charge in [-0.1, -0.05) is 0 Å². The Morgan fingerprint density at radius 3 is 2.53 bits per heavy atom. The highest BCUT2D eigenvalue weighted by Gasteiger charge is 2.40. The van der Waals surface area contributed by atoms with Gasteiger partial charge in [0.05, 0.1) is 0 Å². The fourth-order valence-electron chi connectivity index (χ4n) is 3.68. The molecule has 2 bridgehead atoms. The van der Waals surface area contributed by atoms with E-state index < -0.39 is 0 Å². The summed E-state index contributed by atoms with van der Waals surface area (Å²) in [6.07, 6.45) is 10.1. The molecule has 3 heteroatoms. The van der Waals surface area contributed by atoms with Crippen molar-refractivity contribution in [2.45, 2.75) is 37.8 Å². The van der Waals surface area contributed by atoms with Crippen LogP contribution in [0.25, 0.3) is 0 Å². The van der Waals surface area contributed by atoms with E-state index in [9.17, 15) is 0 Å². The number of aryl methyl sites for hydroxylation is 1. The van der Waals surface area contributed by atoms with E-state index in [1.54, 1.807) is 0 Å². The van der Waals surface area contributed by atoms with Crippen molar-refractivity contribution in [2.75, 3.05) is 7.05 Å². The van der Waals surface area contributed by atoms with Crippen molar-refractivity contribution in [1.29, 1.82) is 0 Å². The Morgan fingerprint density at radius 1 is 1.24 bits per heavy atom. The maximum Gasteiger partial charge on any atom is 0.173 e. The first kappa shape index (κ1) is 13.3. The van der Waals surface area contributed by atoms with Crippen molar-refractivity contribution in [1.82, 2.24) is 4.90 Å². The minimum atomic E-state index is 0. The van der Waals surface area contributed by atoms with Crippen LogP contribution < -0.4 is 28.5 Å². The second-order valence-electron chi connectivity index (χ2n) is 5.48. The molecule has 1 unspecified atom stereocenters. The number of piperidine rings is 2. The molecule has 1 saturated carbocycles. The third-order valence-corrected chi connectivity index (χ3v) is 4.51. The number of halogens is 1. The van der Waals surface area contributed by atoms with Crippen LogP contribution in [0, 0.1) is 5.92 Å². The molecule has 2 nitrogen and oxygen atoms in total. The van der Waals surface area contributed by atoms with Crippen molar-refractivity contribution in [2.24, 2.45) is 13.0 Å². The molecule has 2 aliphatic heterocycles. The summed E-state index contributed by atoms with van der Waals surface area (Å²) in [4.78, 5) is 2.62. The smallest absolute Gasteiger partial charge is 0.173 e. The van der Waals surface area contributed by atoms with E-state index in [0.717, 1.165) is 12.0 Å². The predicted octanol–water partition coefficient (Wildman–Crippen LogP) is -0.940. The molecule has 0 radical (unpaired) electrons. The maximum absolute atomic E-state index is 2.62. The Labute approximate surface area is 121 Å². The van der Waals surface area contributed by atoms with Crippen LogP contribution in [0.2, 0.25) is 0 Å². The van der Waals surface area contributed by atoms with Gasteiger partial charge in [0.15, 0.2) is 12.4 Å². The molecule has 1 aromatic rings. The maximum atomic E-state index is 2.62. The van der Waals surface area contributed by atoms with E-state index in [-0.39, 0.29) is 24.0 Å². The van der Waals surface area contributed by atoms with Crippen LogP contribution in [-0.4, -0.2) is 18.0 Å². The molecule has 1 aromatic heterocycles. The first-order valence-corrected chi connectivity index (χ1v) is 6.43. The summed E-state index contributed by atoms with van der Waals surface area (Å²) >= 11 is 0. The number of fused-ring (bicyclic) bond motifs is 3. The van der Waals surface area contributed by atoms with E-state index >= 15 is 0 Å². The molecule has 17 heavy (non-hydrogen) atoms. The summed E-state index contributed by atoms with van der Waals surface area (Å²) < 4.78 is 2.17. The molecular formula is C14H21IN2. The summed E-state index contributed by atoms with van der Waals surface area (Å²) in [5.41, 5.74) is 1.50. The average Bonchev–Trinajstić information content (AvgIpc) is 2.30. The van der Waals surface area contributed by atoms with Crippen molar-refractivity contribution in [3.63, 3.8) is 0 Å². The zero-order chi connectivity index (χ0) is 11.1. The molecular weight excluding hydrogens is 323 g/mol. The molecule has 3 aliphatic rings. The summed E-state index contributed by atoms with van der Waals surface area (Å²) in [6.45, 7) is 0. The molecule has 1 atom stereocenters. The standard InChI is InChI=1S/C14H21N2.HI/c1-15-9-3-4-12(10-15)14-11-5-7-13(8-6-11)16(14)2;/h3-4,9-11,13-14H,5-8H2,1-2H3;1H/q+1;/p-1. The summed E-state index contributed by atoms with van der Waals surface area (Å²) in [5.74, 6) is 0.886. The minimum Gasteiger partial charge on any atom is -1.00 e. The first-order valence-electron chi connectivity index (χ1n) is 6.43. The highest BCUT2D eigenvalue weighted by Crippen LogP contribution is 2.45. The van der Waals surface area contributed by atoms with Crippen molar-refractivity contribution < 1.29 is 28.5 Å². The number of hydrogen-bond donors (Lipinski definition) is 0. The van der Waals surface area contributed by atoms with Crippen LogP contribution in [-0.2, 0) is 7.05 Å². The largest absolute Gasteiger partial charge is 1.00 e. The first-order chi connectivity index (χ1) is 7.75. The van der Waals surface area contributed by atoms with Crippen molar-refractivity contribution in [3.8, 4) is 0 Å². The summed E-state index contributed by atoms with van der Waals surface area (Å²) in [5, 5.41) is 0. The fourth-order valence-corrected chi connectivity index (χ4v) is 3.68. The second kappa shape index (κ2) is 5.22. The van der Waals surface area contributed by atoms with Crippen LogP contribution in [0.5, 0.6) is 0 Å². The Kier molecular flexibility index (Phi) is 4.08. The number of nitrogens with zero attached hydrogens (tertiary/aromatic N) is 2. The number of hydrogen-bond acceptors (Lipinski definition) is 1.